The van der Waals surface area contributed by atoms with Crippen LogP contribution in [0.3, 0.4) is 0 Å². The van der Waals surface area contributed by atoms with Crippen molar-refractivity contribution in [1.82, 2.24) is 0 Å². The molecule has 0 aliphatic rings. The molecule has 0 heterocycles. The lowest BCUT2D eigenvalue weighted by Crippen LogP contribution is -2.32. The first-order chi connectivity index (χ1) is 8.45. The zero-order valence-corrected chi connectivity index (χ0v) is 9.87. The maximum Gasteiger partial charge on any atom is 0.255 e. The van der Waals surface area contributed by atoms with Crippen molar-refractivity contribution in [3.05, 3.63) is 29.6 Å². The van der Waals surface area contributed by atoms with E-state index in [0.717, 1.165) is 11.0 Å². The first-order valence-electron chi connectivity index (χ1n) is 5.40. The molecule has 0 saturated heterocycles. The Bertz CT molecular complexity index is 424. The minimum Gasteiger partial charge on any atom is -0.395 e. The van der Waals surface area contributed by atoms with Gasteiger partial charge in [0.05, 0.1) is 18.8 Å². The van der Waals surface area contributed by atoms with E-state index < -0.39 is 18.8 Å². The minimum atomic E-state index is -2.64. The average Bonchev–Trinajstić information content (AvgIpc) is 2.27. The molecule has 0 amide bonds. The molecule has 6 heteroatoms. The third kappa shape index (κ3) is 3.73. The number of aliphatic hydroxyl groups is 1. The average molecular weight is 261 g/mol. The summed E-state index contributed by atoms with van der Waals surface area (Å²) in [5.41, 5.74) is 0.131. The van der Waals surface area contributed by atoms with Crippen molar-refractivity contribution >= 4 is 11.5 Å². The first-order valence-corrected chi connectivity index (χ1v) is 5.40. The lowest BCUT2D eigenvalue weighted by atomic mass is 10.1. The van der Waals surface area contributed by atoms with Crippen LogP contribution in [0.2, 0.25) is 0 Å². The van der Waals surface area contributed by atoms with Crippen LogP contribution in [0.1, 0.15) is 17.3 Å². The fraction of sp³-hybridized carbons (Fsp3) is 0.417. The molecule has 1 aromatic rings. The van der Waals surface area contributed by atoms with Gasteiger partial charge in [0.2, 0.25) is 0 Å². The predicted octanol–water partition coefficient (Wildman–Crippen LogP) is 2.09. The minimum absolute atomic E-state index is 0.0469. The number of Topliss-reactive ketones (excluding diaryl/α,β-unsaturated/α-hetero) is 1. The summed E-state index contributed by atoms with van der Waals surface area (Å²) in [5.74, 6) is -1.06. The van der Waals surface area contributed by atoms with Crippen LogP contribution in [0.15, 0.2) is 18.2 Å². The Morgan fingerprint density at radius 2 is 2.11 bits per heavy atom. The number of hydrogen-bond donors (Lipinski definition) is 1. The van der Waals surface area contributed by atoms with E-state index in [4.69, 9.17) is 5.11 Å². The molecule has 0 unspecified atom stereocenters. The summed E-state index contributed by atoms with van der Waals surface area (Å²) in [6, 6.07) is 3.65. The summed E-state index contributed by atoms with van der Waals surface area (Å²) in [4.78, 5) is 12.1. The second-order valence-electron chi connectivity index (χ2n) is 3.78. The van der Waals surface area contributed by atoms with Gasteiger partial charge in [0.15, 0.2) is 5.78 Å². The number of carbonyl (C=O) groups is 1. The fourth-order valence-corrected chi connectivity index (χ4v) is 1.58. The molecule has 1 aromatic carbocycles. The Morgan fingerprint density at radius 1 is 1.44 bits per heavy atom. The molecule has 0 aliphatic heterocycles. The van der Waals surface area contributed by atoms with Crippen molar-refractivity contribution in [1.29, 1.82) is 0 Å². The molecule has 100 valence electrons. The van der Waals surface area contributed by atoms with Crippen LogP contribution in [0.5, 0.6) is 0 Å². The van der Waals surface area contributed by atoms with Crippen molar-refractivity contribution in [2.24, 2.45) is 0 Å². The predicted molar refractivity (Wildman–Crippen MR) is 61.7 cm³/mol. The third-order valence-corrected chi connectivity index (χ3v) is 2.42. The molecule has 0 atom stereocenters. The van der Waals surface area contributed by atoms with E-state index in [0.29, 0.717) is 0 Å². The zero-order valence-electron chi connectivity index (χ0n) is 9.87. The zero-order chi connectivity index (χ0) is 13.7. The van der Waals surface area contributed by atoms with E-state index in [2.05, 4.69) is 0 Å². The van der Waals surface area contributed by atoms with E-state index in [9.17, 15) is 18.0 Å². The van der Waals surface area contributed by atoms with Crippen LogP contribution >= 0.6 is 0 Å². The number of benzene rings is 1. The van der Waals surface area contributed by atoms with Gasteiger partial charge in [-0.05, 0) is 25.1 Å². The first kappa shape index (κ1) is 14.5. The Morgan fingerprint density at radius 3 is 2.56 bits per heavy atom. The second kappa shape index (κ2) is 6.39. The van der Waals surface area contributed by atoms with Crippen molar-refractivity contribution < 1.29 is 23.1 Å². The highest BCUT2D eigenvalue weighted by atomic mass is 19.3. The van der Waals surface area contributed by atoms with E-state index in [1.807, 2.05) is 0 Å². The molecule has 0 spiro atoms. The number of rotatable bonds is 6. The van der Waals surface area contributed by atoms with Gasteiger partial charge < -0.3 is 10.0 Å². The van der Waals surface area contributed by atoms with Gasteiger partial charge in [0.1, 0.15) is 5.82 Å². The SMILES string of the molecule is CC(=O)c1ccc(N(CCO)CC(F)F)c(F)c1. The third-order valence-electron chi connectivity index (χ3n) is 2.42. The topological polar surface area (TPSA) is 40.5 Å². The Hall–Kier alpha value is -1.56. The number of carbonyl (C=O) groups excluding carboxylic acids is 1. The second-order valence-corrected chi connectivity index (χ2v) is 3.78. The van der Waals surface area contributed by atoms with E-state index >= 15 is 0 Å². The molecule has 18 heavy (non-hydrogen) atoms. The lowest BCUT2D eigenvalue weighted by Gasteiger charge is -2.24. The number of alkyl halides is 2. The standard InChI is InChI=1S/C12H14F3NO2/c1-8(18)9-2-3-11(10(13)6-9)16(4-5-17)7-12(14)15/h2-3,6,12,17H,4-5,7H2,1H3. The van der Waals surface area contributed by atoms with Crippen molar-refractivity contribution in [2.75, 3.05) is 24.6 Å². The maximum absolute atomic E-state index is 13.7. The molecular weight excluding hydrogens is 247 g/mol. The highest BCUT2D eigenvalue weighted by Crippen LogP contribution is 2.21. The van der Waals surface area contributed by atoms with Crippen molar-refractivity contribution in [3.8, 4) is 0 Å². The fourth-order valence-electron chi connectivity index (χ4n) is 1.58. The summed E-state index contributed by atoms with van der Waals surface area (Å²) in [6.45, 7) is 0.164. The lowest BCUT2D eigenvalue weighted by molar-refractivity contribution is 0.101. The highest BCUT2D eigenvalue weighted by molar-refractivity contribution is 5.94. The van der Waals surface area contributed by atoms with Crippen LogP contribution in [0.25, 0.3) is 0 Å². The van der Waals surface area contributed by atoms with Gasteiger partial charge in [0, 0.05) is 12.1 Å². The van der Waals surface area contributed by atoms with Gasteiger partial charge in [-0.15, -0.1) is 0 Å². The molecule has 0 saturated carbocycles. The van der Waals surface area contributed by atoms with Gasteiger partial charge in [-0.3, -0.25) is 4.79 Å². The van der Waals surface area contributed by atoms with Gasteiger partial charge in [-0.25, -0.2) is 13.2 Å². The van der Waals surface area contributed by atoms with Gasteiger partial charge >= 0.3 is 0 Å². The van der Waals surface area contributed by atoms with Crippen LogP contribution in [0, 0.1) is 5.82 Å². The molecule has 0 aliphatic carbocycles. The van der Waals surface area contributed by atoms with E-state index in [1.165, 1.54) is 19.1 Å². The number of halogens is 3. The molecule has 0 bridgehead atoms. The van der Waals surface area contributed by atoms with Crippen LogP contribution in [0.4, 0.5) is 18.9 Å². The number of aliphatic hydroxyl groups excluding tert-OH is 1. The van der Waals surface area contributed by atoms with Gasteiger partial charge in [0.25, 0.3) is 6.43 Å². The van der Waals surface area contributed by atoms with Crippen molar-refractivity contribution in [2.45, 2.75) is 13.3 Å². The maximum atomic E-state index is 13.7. The molecule has 1 rings (SSSR count). The molecule has 1 N–H and O–H groups in total. The summed E-state index contributed by atoms with van der Waals surface area (Å²) in [7, 11) is 0. The van der Waals surface area contributed by atoms with E-state index in [1.54, 1.807) is 0 Å². The Labute approximate surface area is 103 Å². The number of hydrogen-bond acceptors (Lipinski definition) is 3. The van der Waals surface area contributed by atoms with Gasteiger partial charge in [-0.2, -0.15) is 0 Å². The van der Waals surface area contributed by atoms with Gasteiger partial charge in [-0.1, -0.05) is 0 Å². The van der Waals surface area contributed by atoms with Crippen LogP contribution < -0.4 is 4.90 Å². The summed E-state index contributed by atoms with van der Waals surface area (Å²) < 4.78 is 38.4. The quantitative estimate of drug-likeness (QED) is 0.797. The number of nitrogens with zero attached hydrogens (tertiary/aromatic N) is 1. The molecule has 0 fully saturated rings. The molecule has 0 radical (unpaired) electrons. The monoisotopic (exact) mass is 261 g/mol. The summed E-state index contributed by atoms with van der Waals surface area (Å²) in [5, 5.41) is 8.78. The Kier molecular flexibility index (Phi) is 5.15. The number of ketones is 1. The largest absolute Gasteiger partial charge is 0.395 e. The van der Waals surface area contributed by atoms with Crippen LogP contribution in [-0.2, 0) is 0 Å². The van der Waals surface area contributed by atoms with Crippen molar-refractivity contribution in [3.63, 3.8) is 0 Å². The molecule has 0 aromatic heterocycles. The Balaban J connectivity index is 3.01. The van der Waals surface area contributed by atoms with E-state index in [-0.39, 0.29) is 30.2 Å². The normalized spacial score (nSPS) is 10.8. The smallest absolute Gasteiger partial charge is 0.255 e. The summed E-state index contributed by atoms with van der Waals surface area (Å²) in [6.07, 6.45) is -2.64. The van der Waals surface area contributed by atoms with Crippen LogP contribution in [-0.4, -0.2) is 37.0 Å². The molecular formula is C12H14F3NO2. The summed E-state index contributed by atoms with van der Waals surface area (Å²) >= 11 is 0. The molecule has 3 nitrogen and oxygen atoms in total. The highest BCUT2D eigenvalue weighted by Gasteiger charge is 2.16. The number of anilines is 1.